The third-order valence-corrected chi connectivity index (χ3v) is 5.98. The molecule has 1 saturated heterocycles. The number of nitrogens with zero attached hydrogens (tertiary/aromatic N) is 2. The summed E-state index contributed by atoms with van der Waals surface area (Å²) in [5, 5.41) is 3.90. The van der Waals surface area contributed by atoms with E-state index in [4.69, 9.17) is 14.5 Å². The summed E-state index contributed by atoms with van der Waals surface area (Å²) < 4.78 is 10.7. The molecule has 4 rings (SSSR count). The Kier molecular flexibility index (Phi) is 5.85. The first-order valence-electron chi connectivity index (χ1n) is 9.77. The maximum absolute atomic E-state index is 13.4. The lowest BCUT2D eigenvalue weighted by molar-refractivity contribution is 0.0596. The molecule has 8 heteroatoms. The summed E-state index contributed by atoms with van der Waals surface area (Å²) in [6.45, 7) is 0.588. The highest BCUT2D eigenvalue weighted by molar-refractivity contribution is 7.08. The zero-order valence-electron chi connectivity index (χ0n) is 16.9. The summed E-state index contributed by atoms with van der Waals surface area (Å²) in [7, 11) is 3.10. The number of hydrogen-bond donors (Lipinski definition) is 1. The van der Waals surface area contributed by atoms with Crippen molar-refractivity contribution in [2.75, 3.05) is 20.8 Å². The zero-order valence-corrected chi connectivity index (χ0v) is 17.7. The molecule has 0 saturated carbocycles. The number of carbonyl (C=O) groups excluding carboxylic acids is 1. The van der Waals surface area contributed by atoms with Gasteiger partial charge in [-0.15, -0.1) is 0 Å². The second kappa shape index (κ2) is 8.71. The molecular weight excluding hydrogens is 402 g/mol. The fourth-order valence-corrected chi connectivity index (χ4v) is 4.43. The number of hydrogen-bond acceptors (Lipinski definition) is 6. The van der Waals surface area contributed by atoms with Gasteiger partial charge in [0.05, 0.1) is 31.5 Å². The molecule has 0 spiro atoms. The highest BCUT2D eigenvalue weighted by Gasteiger charge is 2.32. The van der Waals surface area contributed by atoms with Crippen LogP contribution in [0.4, 0.5) is 0 Å². The number of rotatable bonds is 5. The average molecular weight is 426 g/mol. The molecule has 7 nitrogen and oxygen atoms in total. The van der Waals surface area contributed by atoms with Crippen LogP contribution >= 0.6 is 11.3 Å². The van der Waals surface area contributed by atoms with Gasteiger partial charge in [0.2, 0.25) is 0 Å². The van der Waals surface area contributed by atoms with Gasteiger partial charge in [-0.25, -0.2) is 4.98 Å². The molecule has 1 atom stereocenters. The summed E-state index contributed by atoms with van der Waals surface area (Å²) in [5.74, 6) is 1.44. The predicted molar refractivity (Wildman–Crippen MR) is 115 cm³/mol. The topological polar surface area (TPSA) is 84.5 Å². The molecule has 1 fully saturated rings. The summed E-state index contributed by atoms with van der Waals surface area (Å²) in [6, 6.07) is 8.28. The first kappa shape index (κ1) is 20.2. The van der Waals surface area contributed by atoms with E-state index < -0.39 is 0 Å². The molecule has 0 unspecified atom stereocenters. The Morgan fingerprint density at radius 1 is 1.20 bits per heavy atom. The third-order valence-electron chi connectivity index (χ3n) is 5.30. The largest absolute Gasteiger partial charge is 0.497 e. The maximum Gasteiger partial charge on any atom is 0.258 e. The molecule has 1 N–H and O–H groups in total. The summed E-state index contributed by atoms with van der Waals surface area (Å²) in [4.78, 5) is 35.1. The molecule has 3 heterocycles. The number of methoxy groups -OCH3 is 2. The van der Waals surface area contributed by atoms with Crippen LogP contribution in [0.15, 0.2) is 45.9 Å². The quantitative estimate of drug-likeness (QED) is 0.671. The molecule has 0 radical (unpaired) electrons. The van der Waals surface area contributed by atoms with Crippen molar-refractivity contribution in [3.05, 3.63) is 62.8 Å². The third kappa shape index (κ3) is 3.95. The van der Waals surface area contributed by atoms with Gasteiger partial charge in [-0.2, -0.15) is 11.3 Å². The minimum atomic E-state index is -0.302. The number of ether oxygens (including phenoxy) is 2. The molecular formula is C22H23N3O4S. The fourth-order valence-electron chi connectivity index (χ4n) is 3.78. The standard InChI is InChI=1S/C22H23N3O4S/c1-28-15-6-7-16(19(11-15)29-2)22(27)25-9-4-3-5-18(25)21-23-17(12-20(26)24-21)14-8-10-30-13-14/h6-8,10-13,18H,3-5,9H2,1-2H3,(H,23,24,26)/t18-/m1/s1. The lowest BCUT2D eigenvalue weighted by Gasteiger charge is -2.35. The van der Waals surface area contributed by atoms with Crippen molar-refractivity contribution in [3.63, 3.8) is 0 Å². The lowest BCUT2D eigenvalue weighted by Crippen LogP contribution is -2.40. The van der Waals surface area contributed by atoms with Crippen molar-refractivity contribution in [1.82, 2.24) is 14.9 Å². The van der Waals surface area contributed by atoms with Crippen LogP contribution in [0.25, 0.3) is 11.3 Å². The van der Waals surface area contributed by atoms with Gasteiger partial charge >= 0.3 is 0 Å². The summed E-state index contributed by atoms with van der Waals surface area (Å²) >= 11 is 1.55. The molecule has 156 valence electrons. The molecule has 0 bridgehead atoms. The molecule has 1 aliphatic rings. The Hall–Kier alpha value is -3.13. The second-order valence-electron chi connectivity index (χ2n) is 7.10. The van der Waals surface area contributed by atoms with Crippen molar-refractivity contribution in [1.29, 1.82) is 0 Å². The van der Waals surface area contributed by atoms with E-state index >= 15 is 0 Å². The Morgan fingerprint density at radius 2 is 2.07 bits per heavy atom. The summed E-state index contributed by atoms with van der Waals surface area (Å²) in [5.41, 5.74) is 1.76. The highest BCUT2D eigenvalue weighted by atomic mass is 32.1. The average Bonchev–Trinajstić information content (AvgIpc) is 3.33. The van der Waals surface area contributed by atoms with Crippen molar-refractivity contribution in [2.45, 2.75) is 25.3 Å². The van der Waals surface area contributed by atoms with Crippen molar-refractivity contribution in [3.8, 4) is 22.8 Å². The van der Waals surface area contributed by atoms with Gasteiger partial charge in [-0.05, 0) is 42.8 Å². The lowest BCUT2D eigenvalue weighted by atomic mass is 9.99. The predicted octanol–water partition coefficient (Wildman–Crippen LogP) is 3.88. The highest BCUT2D eigenvalue weighted by Crippen LogP contribution is 2.33. The number of thiophene rings is 1. The molecule has 1 amide bonds. The molecule has 30 heavy (non-hydrogen) atoms. The fraction of sp³-hybridized carbons (Fsp3) is 0.318. The maximum atomic E-state index is 13.4. The number of likely N-dealkylation sites (tertiary alicyclic amines) is 1. The van der Waals surface area contributed by atoms with Crippen LogP contribution in [-0.2, 0) is 0 Å². The number of carbonyl (C=O) groups is 1. The van der Waals surface area contributed by atoms with Crippen LogP contribution in [-0.4, -0.2) is 41.5 Å². The normalized spacial score (nSPS) is 16.3. The number of H-pyrrole nitrogens is 1. The first-order chi connectivity index (χ1) is 14.6. The minimum absolute atomic E-state index is 0.150. The van der Waals surface area contributed by atoms with E-state index in [1.807, 2.05) is 16.8 Å². The van der Waals surface area contributed by atoms with Gasteiger partial charge < -0.3 is 19.4 Å². The van der Waals surface area contributed by atoms with Crippen molar-refractivity contribution in [2.24, 2.45) is 0 Å². The van der Waals surface area contributed by atoms with Crippen molar-refractivity contribution >= 4 is 17.2 Å². The van der Waals surface area contributed by atoms with Crippen LogP contribution in [0.5, 0.6) is 11.5 Å². The molecule has 1 aliphatic heterocycles. The minimum Gasteiger partial charge on any atom is -0.497 e. The second-order valence-corrected chi connectivity index (χ2v) is 7.88. The SMILES string of the molecule is COc1ccc(C(=O)N2CCCC[C@@H]2c2nc(-c3ccsc3)cc(=O)[nH]2)c(OC)c1. The monoisotopic (exact) mass is 425 g/mol. The van der Waals surface area contributed by atoms with E-state index in [1.165, 1.54) is 13.2 Å². The van der Waals surface area contributed by atoms with Crippen LogP contribution in [0, 0.1) is 0 Å². The van der Waals surface area contributed by atoms with E-state index in [2.05, 4.69) is 4.98 Å². The van der Waals surface area contributed by atoms with Gasteiger partial charge in [0.25, 0.3) is 11.5 Å². The Labute approximate surface area is 178 Å². The number of aromatic amines is 1. The number of benzene rings is 1. The van der Waals surface area contributed by atoms with E-state index in [0.29, 0.717) is 35.1 Å². The molecule has 0 aliphatic carbocycles. The smallest absolute Gasteiger partial charge is 0.258 e. The van der Waals surface area contributed by atoms with Gasteiger partial charge in [-0.3, -0.25) is 9.59 Å². The van der Waals surface area contributed by atoms with Gasteiger partial charge in [0.1, 0.15) is 17.3 Å². The number of amides is 1. The van der Waals surface area contributed by atoms with Crippen molar-refractivity contribution < 1.29 is 14.3 Å². The Bertz CT molecular complexity index is 1090. The summed E-state index contributed by atoms with van der Waals surface area (Å²) in [6.07, 6.45) is 2.59. The van der Waals surface area contributed by atoms with Gasteiger partial charge in [-0.1, -0.05) is 0 Å². The molecule has 2 aromatic heterocycles. The number of aromatic nitrogens is 2. The van der Waals surface area contributed by atoms with E-state index in [9.17, 15) is 9.59 Å². The van der Waals surface area contributed by atoms with Crippen LogP contribution < -0.4 is 15.0 Å². The van der Waals surface area contributed by atoms with Gasteiger partial charge in [0.15, 0.2) is 0 Å². The number of nitrogens with one attached hydrogen (secondary N) is 1. The first-order valence-corrected chi connectivity index (χ1v) is 10.7. The van der Waals surface area contributed by atoms with Gasteiger partial charge in [0, 0.05) is 29.6 Å². The van der Waals surface area contributed by atoms with E-state index in [1.54, 1.807) is 41.5 Å². The number of piperidine rings is 1. The van der Waals surface area contributed by atoms with Crippen LogP contribution in [0.1, 0.15) is 41.5 Å². The van der Waals surface area contributed by atoms with E-state index in [0.717, 1.165) is 24.8 Å². The van der Waals surface area contributed by atoms with E-state index in [-0.39, 0.29) is 17.5 Å². The van der Waals surface area contributed by atoms with Crippen LogP contribution in [0.2, 0.25) is 0 Å². The Morgan fingerprint density at radius 3 is 2.80 bits per heavy atom. The Balaban J connectivity index is 1.71. The molecule has 1 aromatic carbocycles. The van der Waals surface area contributed by atoms with Crippen LogP contribution in [0.3, 0.4) is 0 Å². The molecule has 3 aromatic rings. The zero-order chi connectivity index (χ0) is 21.1.